The van der Waals surface area contributed by atoms with E-state index in [1.807, 2.05) is 0 Å². The number of amides is 1. The molecule has 0 saturated heterocycles. The van der Waals surface area contributed by atoms with Crippen LogP contribution in [0.4, 0.5) is 5.69 Å². The molecule has 9 heteroatoms. The molecular formula is C36H33NO8. The third kappa shape index (κ3) is 8.08. The molecule has 0 unspecified atom stereocenters. The number of esters is 3. The Balaban J connectivity index is 2.04. The van der Waals surface area contributed by atoms with Gasteiger partial charge in [-0.1, -0.05) is 78.9 Å². The lowest BCUT2D eigenvalue weighted by Gasteiger charge is -2.23. The van der Waals surface area contributed by atoms with Crippen LogP contribution in [0.25, 0.3) is 0 Å². The molecule has 1 N–H and O–H groups in total. The fraction of sp³-hybridized carbons (Fsp3) is 0.194. The maximum atomic E-state index is 14.0. The molecule has 4 aromatic rings. The fourth-order valence-corrected chi connectivity index (χ4v) is 4.46. The normalized spacial score (nSPS) is 10.8. The third-order valence-corrected chi connectivity index (χ3v) is 6.38. The molecule has 0 aliphatic heterocycles. The SMILES string of the molecule is CCOC(=O)c1c(C(=O)c2ccccc2)cc(C(=O)Nc2ccccc2)c(C(=O)OC(C)(C)C)c1C(=O)OCc1ccccc1. The molecule has 9 nitrogen and oxygen atoms in total. The Labute approximate surface area is 261 Å². The molecule has 45 heavy (non-hydrogen) atoms. The summed E-state index contributed by atoms with van der Waals surface area (Å²) in [6.45, 7) is 6.07. The second kappa shape index (κ2) is 14.3. The first kappa shape index (κ1) is 32.3. The van der Waals surface area contributed by atoms with E-state index in [1.165, 1.54) is 12.1 Å². The van der Waals surface area contributed by atoms with Crippen LogP contribution < -0.4 is 5.32 Å². The first-order valence-corrected chi connectivity index (χ1v) is 14.3. The highest BCUT2D eigenvalue weighted by molar-refractivity contribution is 6.23. The van der Waals surface area contributed by atoms with Crippen molar-refractivity contribution in [2.24, 2.45) is 0 Å². The largest absolute Gasteiger partial charge is 0.462 e. The van der Waals surface area contributed by atoms with Crippen molar-refractivity contribution in [2.75, 3.05) is 11.9 Å². The van der Waals surface area contributed by atoms with Crippen molar-refractivity contribution in [1.82, 2.24) is 0 Å². The number of carbonyl (C=O) groups is 5. The Morgan fingerprint density at radius 1 is 0.644 bits per heavy atom. The molecule has 4 rings (SSSR count). The number of ketones is 1. The predicted octanol–water partition coefficient (Wildman–Crippen LogP) is 6.66. The van der Waals surface area contributed by atoms with Crippen LogP contribution in [-0.4, -0.2) is 41.8 Å². The van der Waals surface area contributed by atoms with Gasteiger partial charge in [0.2, 0.25) is 0 Å². The van der Waals surface area contributed by atoms with Gasteiger partial charge in [-0.3, -0.25) is 9.59 Å². The molecular weight excluding hydrogens is 574 g/mol. The molecule has 0 aliphatic rings. The zero-order chi connectivity index (χ0) is 32.6. The fourth-order valence-electron chi connectivity index (χ4n) is 4.46. The maximum absolute atomic E-state index is 14.0. The van der Waals surface area contributed by atoms with Crippen molar-refractivity contribution in [3.63, 3.8) is 0 Å². The van der Waals surface area contributed by atoms with E-state index in [2.05, 4.69) is 5.32 Å². The van der Waals surface area contributed by atoms with Crippen molar-refractivity contribution >= 4 is 35.3 Å². The maximum Gasteiger partial charge on any atom is 0.340 e. The van der Waals surface area contributed by atoms with Gasteiger partial charge in [0.25, 0.3) is 5.91 Å². The van der Waals surface area contributed by atoms with E-state index < -0.39 is 51.9 Å². The van der Waals surface area contributed by atoms with Gasteiger partial charge < -0.3 is 19.5 Å². The summed E-state index contributed by atoms with van der Waals surface area (Å²) in [4.78, 5) is 69.3. The van der Waals surface area contributed by atoms with Crippen LogP contribution in [0, 0.1) is 0 Å². The highest BCUT2D eigenvalue weighted by Gasteiger charge is 2.38. The molecule has 0 bridgehead atoms. The highest BCUT2D eigenvalue weighted by atomic mass is 16.6. The van der Waals surface area contributed by atoms with Gasteiger partial charge in [0.1, 0.15) is 12.2 Å². The van der Waals surface area contributed by atoms with E-state index in [-0.39, 0.29) is 29.9 Å². The number of rotatable bonds is 10. The Bertz CT molecular complexity index is 1710. The van der Waals surface area contributed by atoms with Gasteiger partial charge in [-0.05, 0) is 51.5 Å². The monoisotopic (exact) mass is 607 g/mol. The van der Waals surface area contributed by atoms with Gasteiger partial charge in [-0.25, -0.2) is 14.4 Å². The zero-order valence-corrected chi connectivity index (χ0v) is 25.4. The van der Waals surface area contributed by atoms with Gasteiger partial charge in [0, 0.05) is 16.8 Å². The van der Waals surface area contributed by atoms with Crippen LogP contribution >= 0.6 is 0 Å². The molecule has 0 fully saturated rings. The molecule has 0 spiro atoms. The van der Waals surface area contributed by atoms with Gasteiger partial charge in [0.15, 0.2) is 5.78 Å². The standard InChI is InChI=1S/C36H33NO8/c1-5-43-33(40)28-26(31(38)24-17-11-7-12-18-24)21-27(32(39)37-25-19-13-8-14-20-25)29(35(42)45-36(2,3)4)30(28)34(41)44-22-23-15-9-6-10-16-23/h6-21H,5,22H2,1-4H3,(H,37,39). The summed E-state index contributed by atoms with van der Waals surface area (Å²) in [6.07, 6.45) is 0. The van der Waals surface area contributed by atoms with Gasteiger partial charge in [-0.2, -0.15) is 0 Å². The smallest absolute Gasteiger partial charge is 0.340 e. The second-order valence-electron chi connectivity index (χ2n) is 10.9. The van der Waals surface area contributed by atoms with Gasteiger partial charge in [-0.15, -0.1) is 0 Å². The lowest BCUT2D eigenvalue weighted by Crippen LogP contribution is -2.31. The average Bonchev–Trinajstić information content (AvgIpc) is 3.03. The molecule has 0 radical (unpaired) electrons. The van der Waals surface area contributed by atoms with Crippen molar-refractivity contribution in [2.45, 2.75) is 39.9 Å². The summed E-state index contributed by atoms with van der Waals surface area (Å²) in [5.74, 6) is -4.75. The van der Waals surface area contributed by atoms with E-state index in [1.54, 1.807) is 107 Å². The summed E-state index contributed by atoms with van der Waals surface area (Å²) in [5.41, 5.74) is -2.23. The second-order valence-corrected chi connectivity index (χ2v) is 10.9. The molecule has 4 aromatic carbocycles. The molecule has 1 amide bonds. The van der Waals surface area contributed by atoms with Crippen molar-refractivity contribution in [3.05, 3.63) is 136 Å². The number of carbonyl (C=O) groups excluding carboxylic acids is 5. The van der Waals surface area contributed by atoms with E-state index >= 15 is 0 Å². The molecule has 0 aromatic heterocycles. The first-order chi connectivity index (χ1) is 21.5. The average molecular weight is 608 g/mol. The number of para-hydroxylation sites is 1. The summed E-state index contributed by atoms with van der Waals surface area (Å²) in [6, 6.07) is 26.3. The van der Waals surface area contributed by atoms with E-state index in [0.717, 1.165) is 6.07 Å². The molecule has 0 atom stereocenters. The zero-order valence-electron chi connectivity index (χ0n) is 25.4. The Morgan fingerprint density at radius 2 is 1.18 bits per heavy atom. The van der Waals surface area contributed by atoms with Crippen LogP contribution in [0.1, 0.15) is 90.6 Å². The topological polar surface area (TPSA) is 125 Å². The number of anilines is 1. The molecule has 0 aliphatic carbocycles. The summed E-state index contributed by atoms with van der Waals surface area (Å²) < 4.78 is 16.5. The van der Waals surface area contributed by atoms with Gasteiger partial charge in [0.05, 0.1) is 28.9 Å². The predicted molar refractivity (Wildman–Crippen MR) is 167 cm³/mol. The summed E-state index contributed by atoms with van der Waals surface area (Å²) in [7, 11) is 0. The minimum absolute atomic E-state index is 0.103. The number of hydrogen-bond donors (Lipinski definition) is 1. The minimum Gasteiger partial charge on any atom is -0.462 e. The van der Waals surface area contributed by atoms with E-state index in [9.17, 15) is 24.0 Å². The number of ether oxygens (including phenoxy) is 3. The molecule has 230 valence electrons. The van der Waals surface area contributed by atoms with Crippen molar-refractivity contribution in [1.29, 1.82) is 0 Å². The number of benzene rings is 4. The first-order valence-electron chi connectivity index (χ1n) is 14.3. The van der Waals surface area contributed by atoms with Crippen LogP contribution in [-0.2, 0) is 20.8 Å². The van der Waals surface area contributed by atoms with Crippen molar-refractivity contribution < 1.29 is 38.2 Å². The lowest BCUT2D eigenvalue weighted by molar-refractivity contribution is 0.00617. The third-order valence-electron chi connectivity index (χ3n) is 6.38. The quantitative estimate of drug-likeness (QED) is 0.121. The summed E-state index contributed by atoms with van der Waals surface area (Å²) >= 11 is 0. The minimum atomic E-state index is -1.13. The lowest BCUT2D eigenvalue weighted by atomic mass is 9.87. The Morgan fingerprint density at radius 3 is 1.76 bits per heavy atom. The molecule has 0 saturated carbocycles. The van der Waals surface area contributed by atoms with Crippen LogP contribution in [0.15, 0.2) is 97.1 Å². The van der Waals surface area contributed by atoms with Crippen LogP contribution in [0.5, 0.6) is 0 Å². The van der Waals surface area contributed by atoms with Crippen LogP contribution in [0.3, 0.4) is 0 Å². The van der Waals surface area contributed by atoms with E-state index in [0.29, 0.717) is 11.3 Å². The Hall–Kier alpha value is -5.57. The Kier molecular flexibility index (Phi) is 10.3. The van der Waals surface area contributed by atoms with Gasteiger partial charge >= 0.3 is 17.9 Å². The number of nitrogens with one attached hydrogen (secondary N) is 1. The molecule has 0 heterocycles. The summed E-state index contributed by atoms with van der Waals surface area (Å²) in [5, 5.41) is 2.69. The van der Waals surface area contributed by atoms with Crippen LogP contribution in [0.2, 0.25) is 0 Å². The highest BCUT2D eigenvalue weighted by Crippen LogP contribution is 2.31. The van der Waals surface area contributed by atoms with Crippen molar-refractivity contribution in [3.8, 4) is 0 Å². The number of hydrogen-bond acceptors (Lipinski definition) is 8. The van der Waals surface area contributed by atoms with E-state index in [4.69, 9.17) is 14.2 Å².